The highest BCUT2D eigenvalue weighted by molar-refractivity contribution is 7.91. The summed E-state index contributed by atoms with van der Waals surface area (Å²) in [6, 6.07) is 17.2. The maximum Gasteiger partial charge on any atom is 0.331 e. The molecule has 2 aromatic heterocycles. The molecule has 0 unspecified atom stereocenters. The molecule has 4 aromatic rings. The number of methoxy groups -OCH3 is 1. The third-order valence-electron chi connectivity index (χ3n) is 5.78. The summed E-state index contributed by atoms with van der Waals surface area (Å²) in [5, 5.41) is 17.5. The van der Waals surface area contributed by atoms with E-state index >= 15 is 0 Å². The van der Waals surface area contributed by atoms with E-state index in [0.29, 0.717) is 5.69 Å². The smallest absolute Gasteiger partial charge is 0.331 e. The number of carbonyl (C=O) groups is 1. The number of nitrogens with zero attached hydrogens (tertiary/aromatic N) is 3. The Kier molecular flexibility index (Phi) is 8.37. The lowest BCUT2D eigenvalue weighted by atomic mass is 10.1. The van der Waals surface area contributed by atoms with E-state index in [4.69, 9.17) is 4.74 Å². The third kappa shape index (κ3) is 6.62. The summed E-state index contributed by atoms with van der Waals surface area (Å²) in [7, 11) is -2.49. The molecule has 0 fully saturated rings. The number of ether oxygens (including phenoxy) is 1. The van der Waals surface area contributed by atoms with Gasteiger partial charge in [-0.1, -0.05) is 55.0 Å². The molecule has 0 bridgehead atoms. The molecule has 0 radical (unpaired) electrons. The first-order chi connectivity index (χ1) is 17.8. The second kappa shape index (κ2) is 11.7. The number of aromatic nitrogens is 3. The van der Waals surface area contributed by atoms with Crippen molar-refractivity contribution in [1.29, 1.82) is 0 Å². The van der Waals surface area contributed by atoms with Crippen LogP contribution >= 0.6 is 11.3 Å². The Morgan fingerprint density at radius 2 is 1.78 bits per heavy atom. The number of phenolic OH excluding ortho intramolecular Hbond substituents is 1. The van der Waals surface area contributed by atoms with Gasteiger partial charge in [-0.15, -0.1) is 16.4 Å². The Morgan fingerprint density at radius 1 is 1.08 bits per heavy atom. The summed E-state index contributed by atoms with van der Waals surface area (Å²) in [5.74, 6) is -0.393. The van der Waals surface area contributed by atoms with Gasteiger partial charge in [-0.25, -0.2) is 22.6 Å². The van der Waals surface area contributed by atoms with Crippen LogP contribution < -0.4 is 4.72 Å². The van der Waals surface area contributed by atoms with Crippen molar-refractivity contribution in [3.05, 3.63) is 83.7 Å². The summed E-state index contributed by atoms with van der Waals surface area (Å²) in [6.45, 7) is 2.04. The summed E-state index contributed by atoms with van der Waals surface area (Å²) in [5.41, 5.74) is 3.37. The van der Waals surface area contributed by atoms with Gasteiger partial charge < -0.3 is 9.84 Å². The van der Waals surface area contributed by atoms with Crippen molar-refractivity contribution in [3.8, 4) is 16.2 Å². The van der Waals surface area contributed by atoms with E-state index < -0.39 is 22.0 Å². The van der Waals surface area contributed by atoms with Crippen LogP contribution in [0.2, 0.25) is 0 Å². The quantitative estimate of drug-likeness (QED) is 0.275. The Labute approximate surface area is 219 Å². The zero-order valence-electron chi connectivity index (χ0n) is 20.5. The molecule has 0 aliphatic heterocycles. The van der Waals surface area contributed by atoms with Crippen LogP contribution in [-0.2, 0) is 38.9 Å². The second-order valence-corrected chi connectivity index (χ2v) is 11.6. The van der Waals surface area contributed by atoms with Crippen LogP contribution in [0.25, 0.3) is 10.4 Å². The summed E-state index contributed by atoms with van der Waals surface area (Å²) >= 11 is 1.20. The Morgan fingerprint density at radius 3 is 2.46 bits per heavy atom. The number of phenols is 1. The molecule has 2 aromatic carbocycles. The molecule has 0 spiro atoms. The minimum atomic E-state index is -3.77. The van der Waals surface area contributed by atoms with Crippen molar-refractivity contribution >= 4 is 27.3 Å². The highest BCUT2D eigenvalue weighted by Gasteiger charge is 2.24. The first-order valence-corrected chi connectivity index (χ1v) is 14.0. The highest BCUT2D eigenvalue weighted by atomic mass is 32.2. The topological polar surface area (TPSA) is 123 Å². The Balaban J connectivity index is 1.43. The standard InChI is InChI=1S/C26H28N4O5S2/c1-3-4-18-5-9-20(10-6-18)24-13-14-25(36-24)37(33,34)27-16-21-17-30(29-28-21)23(26(32)35-2)15-19-7-11-22(31)12-8-19/h5-14,17,23,27,31H,3-4,15-16H2,1-2H3/t23-/m1/s1. The molecule has 0 aliphatic carbocycles. The number of thiophene rings is 1. The first kappa shape index (κ1) is 26.5. The molecule has 11 heteroatoms. The number of sulfonamides is 1. The first-order valence-electron chi connectivity index (χ1n) is 11.7. The zero-order valence-corrected chi connectivity index (χ0v) is 22.1. The fraction of sp³-hybridized carbons (Fsp3) is 0.269. The second-order valence-electron chi connectivity index (χ2n) is 8.49. The average molecular weight is 541 g/mol. The molecule has 0 aliphatic rings. The van der Waals surface area contributed by atoms with Crippen molar-refractivity contribution in [2.75, 3.05) is 7.11 Å². The van der Waals surface area contributed by atoms with Crippen molar-refractivity contribution in [2.45, 2.75) is 43.0 Å². The van der Waals surface area contributed by atoms with Gasteiger partial charge in [-0.3, -0.25) is 0 Å². The zero-order chi connectivity index (χ0) is 26.4. The third-order valence-corrected chi connectivity index (χ3v) is 8.81. The van der Waals surface area contributed by atoms with Crippen molar-refractivity contribution in [1.82, 2.24) is 19.7 Å². The number of aryl methyl sites for hydroxylation is 1. The molecule has 2 heterocycles. The van der Waals surface area contributed by atoms with Crippen LogP contribution in [0.3, 0.4) is 0 Å². The molecule has 0 saturated carbocycles. The number of benzene rings is 2. The lowest BCUT2D eigenvalue weighted by molar-refractivity contribution is -0.144. The van der Waals surface area contributed by atoms with Gasteiger partial charge in [0, 0.05) is 11.3 Å². The van der Waals surface area contributed by atoms with Gasteiger partial charge in [0.15, 0.2) is 6.04 Å². The Hall–Kier alpha value is -3.54. The van der Waals surface area contributed by atoms with Crippen molar-refractivity contribution in [3.63, 3.8) is 0 Å². The number of aromatic hydroxyl groups is 1. The van der Waals surface area contributed by atoms with Crippen LogP contribution in [0, 0.1) is 0 Å². The van der Waals surface area contributed by atoms with Crippen LogP contribution in [-0.4, -0.2) is 41.6 Å². The van der Waals surface area contributed by atoms with Gasteiger partial charge in [-0.2, -0.15) is 0 Å². The molecule has 37 heavy (non-hydrogen) atoms. The van der Waals surface area contributed by atoms with Crippen LogP contribution in [0.5, 0.6) is 5.75 Å². The molecule has 0 saturated heterocycles. The van der Waals surface area contributed by atoms with Gasteiger partial charge in [0.25, 0.3) is 0 Å². The lowest BCUT2D eigenvalue weighted by Crippen LogP contribution is -2.24. The van der Waals surface area contributed by atoms with E-state index in [2.05, 4.69) is 34.1 Å². The molecule has 9 nitrogen and oxygen atoms in total. The predicted molar refractivity (Wildman–Crippen MR) is 141 cm³/mol. The van der Waals surface area contributed by atoms with E-state index in [1.807, 2.05) is 12.1 Å². The number of hydrogen-bond donors (Lipinski definition) is 2. The maximum absolute atomic E-state index is 12.9. The van der Waals surface area contributed by atoms with E-state index in [1.165, 1.54) is 47.0 Å². The van der Waals surface area contributed by atoms with Gasteiger partial charge in [0.2, 0.25) is 10.0 Å². The molecule has 0 amide bonds. The number of nitrogens with one attached hydrogen (secondary N) is 1. The fourth-order valence-corrected chi connectivity index (χ4v) is 6.16. The van der Waals surface area contributed by atoms with E-state index in [0.717, 1.165) is 28.8 Å². The molecule has 2 N–H and O–H groups in total. The molecule has 194 valence electrons. The average Bonchev–Trinajstić information content (AvgIpc) is 3.58. The van der Waals surface area contributed by atoms with E-state index in [-0.39, 0.29) is 22.9 Å². The largest absolute Gasteiger partial charge is 0.508 e. The van der Waals surface area contributed by atoms with Gasteiger partial charge >= 0.3 is 5.97 Å². The monoisotopic (exact) mass is 540 g/mol. The van der Waals surface area contributed by atoms with E-state index in [9.17, 15) is 18.3 Å². The molecule has 1 atom stereocenters. The predicted octanol–water partition coefficient (Wildman–Crippen LogP) is 4.10. The Bertz CT molecular complexity index is 1440. The van der Waals surface area contributed by atoms with Crippen molar-refractivity contribution in [2.24, 2.45) is 0 Å². The SMILES string of the molecule is CCCc1ccc(-c2ccc(S(=O)(=O)NCc3cn([C@H](Cc4ccc(O)cc4)C(=O)OC)nn3)s2)cc1. The van der Waals surface area contributed by atoms with Crippen LogP contribution in [0.4, 0.5) is 0 Å². The number of carbonyl (C=O) groups excluding carboxylic acids is 1. The fourth-order valence-electron chi connectivity index (χ4n) is 3.81. The number of hydrogen-bond acceptors (Lipinski definition) is 8. The summed E-state index contributed by atoms with van der Waals surface area (Å²) < 4.78 is 34.8. The minimum Gasteiger partial charge on any atom is -0.508 e. The maximum atomic E-state index is 12.9. The summed E-state index contributed by atoms with van der Waals surface area (Å²) in [6.07, 6.45) is 3.86. The summed E-state index contributed by atoms with van der Waals surface area (Å²) in [4.78, 5) is 13.3. The van der Waals surface area contributed by atoms with Crippen LogP contribution in [0.1, 0.15) is 36.2 Å². The number of rotatable bonds is 11. The van der Waals surface area contributed by atoms with Gasteiger partial charge in [0.1, 0.15) is 9.96 Å². The molecule has 4 rings (SSSR count). The number of esters is 1. The minimum absolute atomic E-state index is 0.0889. The normalized spacial score (nSPS) is 12.4. The lowest BCUT2D eigenvalue weighted by Gasteiger charge is -2.14. The van der Waals surface area contributed by atoms with Gasteiger partial charge in [0.05, 0.1) is 25.5 Å². The van der Waals surface area contributed by atoms with E-state index in [1.54, 1.807) is 24.3 Å². The van der Waals surface area contributed by atoms with Crippen LogP contribution in [0.15, 0.2) is 71.1 Å². The molecular weight excluding hydrogens is 512 g/mol. The van der Waals surface area contributed by atoms with Gasteiger partial charge in [-0.05, 0) is 47.4 Å². The highest BCUT2D eigenvalue weighted by Crippen LogP contribution is 2.31. The van der Waals surface area contributed by atoms with Crippen molar-refractivity contribution < 1.29 is 23.1 Å². The molecular formula is C26H28N4O5S2.